The van der Waals surface area contributed by atoms with Crippen LogP contribution in [-0.2, 0) is 23.8 Å². The number of rotatable bonds is 2. The first-order valence-electron chi connectivity index (χ1n) is 7.99. The summed E-state index contributed by atoms with van der Waals surface area (Å²) in [7, 11) is 3.75. The van der Waals surface area contributed by atoms with E-state index < -0.39 is 5.79 Å². The van der Waals surface area contributed by atoms with Crippen molar-refractivity contribution in [2.75, 3.05) is 26.5 Å². The SMILES string of the molecule is CC.CC(=O)SCC=O.CC1(C)OC2CCCOC2O1.CNC. The summed E-state index contributed by atoms with van der Waals surface area (Å²) in [6, 6.07) is 0. The Morgan fingerprint density at radius 3 is 2.26 bits per heavy atom. The number of fused-ring (bicyclic) bond motifs is 1. The van der Waals surface area contributed by atoms with Gasteiger partial charge in [0.15, 0.2) is 17.2 Å². The molecule has 1 N–H and O–H groups in total. The summed E-state index contributed by atoms with van der Waals surface area (Å²) in [4.78, 5) is 19.5. The van der Waals surface area contributed by atoms with Gasteiger partial charge < -0.3 is 24.3 Å². The fraction of sp³-hybridized carbons (Fsp3) is 0.875. The molecular weight excluding hydrogens is 318 g/mol. The first-order chi connectivity index (χ1) is 10.9. The van der Waals surface area contributed by atoms with Crippen LogP contribution in [-0.4, -0.2) is 56.0 Å². The molecule has 0 aliphatic carbocycles. The molecule has 0 bridgehead atoms. The van der Waals surface area contributed by atoms with Gasteiger partial charge in [-0.1, -0.05) is 25.6 Å². The lowest BCUT2D eigenvalue weighted by atomic mass is 10.1. The molecule has 7 heteroatoms. The van der Waals surface area contributed by atoms with Crippen molar-refractivity contribution in [1.29, 1.82) is 0 Å². The minimum Gasteiger partial charge on any atom is -0.350 e. The van der Waals surface area contributed by atoms with Crippen molar-refractivity contribution >= 4 is 23.2 Å². The third kappa shape index (κ3) is 13.6. The third-order valence-corrected chi connectivity index (χ3v) is 3.12. The van der Waals surface area contributed by atoms with Crippen LogP contribution in [0.25, 0.3) is 0 Å². The van der Waals surface area contributed by atoms with Crippen LogP contribution in [0.15, 0.2) is 0 Å². The molecule has 0 aromatic rings. The van der Waals surface area contributed by atoms with E-state index in [2.05, 4.69) is 5.32 Å². The standard InChI is InChI=1S/C8H14O3.C4H6O2S.C2H7N.C2H6/c1-8(2)10-6-4-3-5-9-7(6)11-8;1-4(6)7-3-2-5;1-3-2;1-2/h6-7H,3-5H2,1-2H3;2H,3H2,1H3;3H,1-2H3;1-2H3. The number of carbonyl (C=O) groups is 2. The second kappa shape index (κ2) is 15.1. The number of nitrogens with one attached hydrogen (secondary N) is 1. The molecule has 2 aliphatic heterocycles. The zero-order chi connectivity index (χ0) is 18.3. The van der Waals surface area contributed by atoms with Gasteiger partial charge in [0.1, 0.15) is 12.4 Å². The Labute approximate surface area is 145 Å². The van der Waals surface area contributed by atoms with Gasteiger partial charge in [-0.25, -0.2) is 0 Å². The summed E-state index contributed by atoms with van der Waals surface area (Å²) in [5.41, 5.74) is 0. The normalized spacial score (nSPS) is 23.6. The summed E-state index contributed by atoms with van der Waals surface area (Å²) >= 11 is 1.02. The lowest BCUT2D eigenvalue weighted by molar-refractivity contribution is -0.191. The van der Waals surface area contributed by atoms with Crippen molar-refractivity contribution in [3.05, 3.63) is 0 Å². The fourth-order valence-electron chi connectivity index (χ4n) is 1.78. The van der Waals surface area contributed by atoms with E-state index in [1.54, 1.807) is 0 Å². The van der Waals surface area contributed by atoms with E-state index in [-0.39, 0.29) is 23.3 Å². The Hall–Kier alpha value is -0.470. The molecule has 0 amide bonds. The quantitative estimate of drug-likeness (QED) is 0.767. The van der Waals surface area contributed by atoms with Crippen molar-refractivity contribution in [3.63, 3.8) is 0 Å². The van der Waals surface area contributed by atoms with Gasteiger partial charge in [0.2, 0.25) is 0 Å². The predicted octanol–water partition coefficient (Wildman–Crippen LogP) is 2.60. The van der Waals surface area contributed by atoms with Crippen LogP contribution in [0, 0.1) is 0 Å². The average molecular weight is 352 g/mol. The first-order valence-corrected chi connectivity index (χ1v) is 8.97. The van der Waals surface area contributed by atoms with E-state index >= 15 is 0 Å². The zero-order valence-electron chi connectivity index (χ0n) is 15.5. The van der Waals surface area contributed by atoms with E-state index in [1.165, 1.54) is 6.92 Å². The van der Waals surface area contributed by atoms with Crippen molar-refractivity contribution < 1.29 is 23.8 Å². The summed E-state index contributed by atoms with van der Waals surface area (Å²) < 4.78 is 16.5. The molecule has 0 aromatic heterocycles. The maximum absolute atomic E-state index is 10.0. The van der Waals surface area contributed by atoms with Gasteiger partial charge in [-0.15, -0.1) is 0 Å². The molecule has 0 radical (unpaired) electrons. The zero-order valence-corrected chi connectivity index (χ0v) is 16.3. The Morgan fingerprint density at radius 1 is 1.30 bits per heavy atom. The van der Waals surface area contributed by atoms with Crippen LogP contribution in [0.1, 0.15) is 47.5 Å². The smallest absolute Gasteiger partial charge is 0.187 e. The first kappa shape index (κ1) is 24.8. The minimum absolute atomic E-state index is 0.00731. The van der Waals surface area contributed by atoms with Gasteiger partial charge in [-0.2, -0.15) is 0 Å². The van der Waals surface area contributed by atoms with Gasteiger partial charge in [-0.05, 0) is 40.8 Å². The van der Waals surface area contributed by atoms with Crippen LogP contribution < -0.4 is 5.32 Å². The van der Waals surface area contributed by atoms with Crippen LogP contribution in [0.4, 0.5) is 0 Å². The van der Waals surface area contributed by atoms with E-state index in [4.69, 9.17) is 14.2 Å². The molecule has 0 saturated carbocycles. The monoisotopic (exact) mass is 351 g/mol. The maximum atomic E-state index is 10.0. The molecule has 2 unspecified atom stereocenters. The number of hydrogen-bond donors (Lipinski definition) is 1. The van der Waals surface area contributed by atoms with Crippen molar-refractivity contribution in [3.8, 4) is 0 Å². The average Bonchev–Trinajstić information content (AvgIpc) is 2.82. The Balaban J connectivity index is 0. The second-order valence-corrected chi connectivity index (χ2v) is 6.22. The Bertz CT molecular complexity index is 297. The third-order valence-electron chi connectivity index (χ3n) is 2.41. The summed E-state index contributed by atoms with van der Waals surface area (Å²) in [5, 5.41) is 2.74. The molecule has 2 aliphatic rings. The van der Waals surface area contributed by atoms with E-state index in [0.717, 1.165) is 31.2 Å². The topological polar surface area (TPSA) is 73.9 Å². The van der Waals surface area contributed by atoms with E-state index in [0.29, 0.717) is 6.29 Å². The maximum Gasteiger partial charge on any atom is 0.187 e. The highest BCUT2D eigenvalue weighted by Crippen LogP contribution is 2.33. The van der Waals surface area contributed by atoms with Crippen LogP contribution in [0.2, 0.25) is 0 Å². The highest BCUT2D eigenvalue weighted by molar-refractivity contribution is 8.14. The predicted molar refractivity (Wildman–Crippen MR) is 94.5 cm³/mol. The number of ether oxygens (including phenoxy) is 3. The number of hydrogen-bond acceptors (Lipinski definition) is 7. The number of aldehydes is 1. The summed E-state index contributed by atoms with van der Waals surface area (Å²) in [6.07, 6.45) is 2.92. The number of carbonyl (C=O) groups excluding carboxylic acids is 2. The van der Waals surface area contributed by atoms with Gasteiger partial charge in [0.25, 0.3) is 0 Å². The van der Waals surface area contributed by atoms with Crippen molar-refractivity contribution in [1.82, 2.24) is 5.32 Å². The molecule has 2 rings (SSSR count). The van der Waals surface area contributed by atoms with E-state index in [9.17, 15) is 9.59 Å². The molecule has 0 spiro atoms. The molecule has 23 heavy (non-hydrogen) atoms. The van der Waals surface area contributed by atoms with Gasteiger partial charge >= 0.3 is 0 Å². The van der Waals surface area contributed by atoms with Crippen molar-refractivity contribution in [2.24, 2.45) is 0 Å². The highest BCUT2D eigenvalue weighted by Gasteiger charge is 2.43. The van der Waals surface area contributed by atoms with Crippen LogP contribution >= 0.6 is 11.8 Å². The molecular formula is C16H33NO5S. The minimum atomic E-state index is -0.445. The second-order valence-electron chi connectivity index (χ2n) is 5.02. The summed E-state index contributed by atoms with van der Waals surface area (Å²) in [5.74, 6) is -0.158. The lowest BCUT2D eigenvalue weighted by Crippen LogP contribution is -2.30. The molecule has 6 nitrogen and oxygen atoms in total. The lowest BCUT2D eigenvalue weighted by Gasteiger charge is -2.21. The summed E-state index contributed by atoms with van der Waals surface area (Å²) in [6.45, 7) is 10.1. The Morgan fingerprint density at radius 2 is 1.87 bits per heavy atom. The number of thioether (sulfide) groups is 1. The molecule has 138 valence electrons. The highest BCUT2D eigenvalue weighted by atomic mass is 32.2. The molecule has 2 fully saturated rings. The Kier molecular flexibility index (Phi) is 16.2. The van der Waals surface area contributed by atoms with Crippen LogP contribution in [0.3, 0.4) is 0 Å². The molecule has 2 atom stereocenters. The van der Waals surface area contributed by atoms with Gasteiger partial charge in [0, 0.05) is 13.5 Å². The van der Waals surface area contributed by atoms with Gasteiger partial charge in [-0.3, -0.25) is 4.79 Å². The fourth-order valence-corrected chi connectivity index (χ4v) is 2.08. The van der Waals surface area contributed by atoms with Gasteiger partial charge in [0.05, 0.1) is 5.75 Å². The molecule has 0 aromatic carbocycles. The largest absolute Gasteiger partial charge is 0.350 e. The molecule has 2 heterocycles. The molecule has 2 saturated heterocycles. The van der Waals surface area contributed by atoms with E-state index in [1.807, 2.05) is 41.8 Å². The van der Waals surface area contributed by atoms with Crippen LogP contribution in [0.5, 0.6) is 0 Å². The van der Waals surface area contributed by atoms with Crippen molar-refractivity contribution in [2.45, 2.75) is 65.6 Å².